The molecular weight excluding hydrogens is 324 g/mol. The van der Waals surface area contributed by atoms with Crippen molar-refractivity contribution in [3.8, 4) is 0 Å². The first-order valence-electron chi connectivity index (χ1n) is 9.03. The largest absolute Gasteiger partial charge is 0.381 e. The number of sulfonamides is 1. The second-order valence-electron chi connectivity index (χ2n) is 7.27. The van der Waals surface area contributed by atoms with Crippen molar-refractivity contribution in [3.05, 3.63) is 30.3 Å². The number of rotatable bonds is 6. The van der Waals surface area contributed by atoms with Gasteiger partial charge in [-0.2, -0.15) is 4.31 Å². The Hall–Kier alpha value is -0.950. The van der Waals surface area contributed by atoms with Crippen LogP contribution in [0.25, 0.3) is 0 Å². The molecule has 3 aliphatic rings. The molecule has 0 unspecified atom stereocenters. The highest BCUT2D eigenvalue weighted by Gasteiger charge is 2.43. The van der Waals surface area contributed by atoms with Crippen molar-refractivity contribution >= 4 is 10.0 Å². The van der Waals surface area contributed by atoms with Crippen molar-refractivity contribution in [2.45, 2.75) is 42.7 Å². The molecule has 3 fully saturated rings. The van der Waals surface area contributed by atoms with Crippen molar-refractivity contribution in [2.75, 3.05) is 32.8 Å². The summed E-state index contributed by atoms with van der Waals surface area (Å²) in [4.78, 5) is 3.00. The third-order valence-corrected chi connectivity index (χ3v) is 7.35. The highest BCUT2D eigenvalue weighted by atomic mass is 32.2. The fourth-order valence-electron chi connectivity index (χ4n) is 3.78. The lowest BCUT2D eigenvalue weighted by molar-refractivity contribution is -0.0126. The molecule has 1 saturated carbocycles. The van der Waals surface area contributed by atoms with Crippen LogP contribution >= 0.6 is 0 Å². The van der Waals surface area contributed by atoms with Gasteiger partial charge >= 0.3 is 0 Å². The van der Waals surface area contributed by atoms with Gasteiger partial charge in [0, 0.05) is 44.9 Å². The zero-order valence-electron chi connectivity index (χ0n) is 14.0. The van der Waals surface area contributed by atoms with Crippen LogP contribution in [0.3, 0.4) is 0 Å². The first kappa shape index (κ1) is 16.5. The van der Waals surface area contributed by atoms with Crippen LogP contribution in [0.2, 0.25) is 0 Å². The normalized spacial score (nSPS) is 24.2. The molecule has 0 spiro atoms. The Morgan fingerprint density at radius 1 is 1.00 bits per heavy atom. The van der Waals surface area contributed by atoms with Gasteiger partial charge in [0.25, 0.3) is 0 Å². The Labute approximate surface area is 144 Å². The molecule has 1 aliphatic carbocycles. The predicted molar refractivity (Wildman–Crippen MR) is 92.3 cm³/mol. The summed E-state index contributed by atoms with van der Waals surface area (Å²) in [6, 6.07) is 9.71. The molecule has 2 aliphatic heterocycles. The molecule has 24 heavy (non-hydrogen) atoms. The lowest BCUT2D eigenvalue weighted by atomic mass is 10.0. The molecule has 0 N–H and O–H groups in total. The van der Waals surface area contributed by atoms with E-state index in [9.17, 15) is 8.42 Å². The van der Waals surface area contributed by atoms with Gasteiger partial charge in [-0.1, -0.05) is 18.2 Å². The number of hydrogen-bond acceptors (Lipinski definition) is 4. The van der Waals surface area contributed by atoms with E-state index in [0.717, 1.165) is 38.5 Å². The van der Waals surface area contributed by atoms with Crippen LogP contribution in [0.4, 0.5) is 0 Å². The molecule has 4 rings (SSSR count). The third kappa shape index (κ3) is 3.38. The molecule has 5 nitrogen and oxygen atoms in total. The smallest absolute Gasteiger partial charge is 0.243 e. The topological polar surface area (TPSA) is 49.9 Å². The van der Waals surface area contributed by atoms with Crippen molar-refractivity contribution in [1.82, 2.24) is 9.21 Å². The molecule has 0 bridgehead atoms. The summed E-state index contributed by atoms with van der Waals surface area (Å²) < 4.78 is 32.5. The van der Waals surface area contributed by atoms with Crippen molar-refractivity contribution in [3.63, 3.8) is 0 Å². The standard InChI is InChI=1S/C18H26N2O3S/c21-24(22,18-4-2-1-3-5-18)19-13-17(14-19)20(12-15-6-7-15)16-8-10-23-11-9-16/h1-5,15-17H,6-14H2. The summed E-state index contributed by atoms with van der Waals surface area (Å²) in [5, 5.41) is 0. The quantitative estimate of drug-likeness (QED) is 0.787. The second kappa shape index (κ2) is 6.75. The van der Waals surface area contributed by atoms with E-state index in [1.165, 1.54) is 12.8 Å². The van der Waals surface area contributed by atoms with Gasteiger partial charge in [0.1, 0.15) is 0 Å². The van der Waals surface area contributed by atoms with E-state index < -0.39 is 10.0 Å². The first-order valence-corrected chi connectivity index (χ1v) is 10.5. The first-order chi connectivity index (χ1) is 11.6. The van der Waals surface area contributed by atoms with Crippen LogP contribution in [0.15, 0.2) is 35.2 Å². The molecule has 0 aromatic heterocycles. The van der Waals surface area contributed by atoms with Crippen LogP contribution in [0.5, 0.6) is 0 Å². The minimum Gasteiger partial charge on any atom is -0.381 e. The van der Waals surface area contributed by atoms with E-state index in [1.54, 1.807) is 28.6 Å². The number of benzene rings is 1. The molecule has 6 heteroatoms. The Kier molecular flexibility index (Phi) is 4.64. The molecule has 0 atom stereocenters. The van der Waals surface area contributed by atoms with E-state index in [2.05, 4.69) is 4.90 Å². The summed E-state index contributed by atoms with van der Waals surface area (Å²) >= 11 is 0. The monoisotopic (exact) mass is 350 g/mol. The van der Waals surface area contributed by atoms with Gasteiger partial charge in [-0.3, -0.25) is 4.90 Å². The predicted octanol–water partition coefficient (Wildman–Crippen LogP) is 1.95. The SMILES string of the molecule is O=S(=O)(c1ccccc1)N1CC(N(CC2CC2)C2CCOCC2)C1. The van der Waals surface area contributed by atoms with E-state index >= 15 is 0 Å². The number of ether oxygens (including phenoxy) is 1. The average molecular weight is 350 g/mol. The van der Waals surface area contributed by atoms with Crippen LogP contribution < -0.4 is 0 Å². The summed E-state index contributed by atoms with van der Waals surface area (Å²) in [5.74, 6) is 0.827. The average Bonchev–Trinajstić information content (AvgIpc) is 3.38. The Bertz CT molecular complexity index is 648. The van der Waals surface area contributed by atoms with Gasteiger partial charge in [-0.05, 0) is 43.7 Å². The highest BCUT2D eigenvalue weighted by molar-refractivity contribution is 7.89. The minimum atomic E-state index is -3.33. The van der Waals surface area contributed by atoms with Gasteiger partial charge in [0.05, 0.1) is 4.90 Å². The summed E-state index contributed by atoms with van der Waals surface area (Å²) in [7, 11) is -3.33. The lowest BCUT2D eigenvalue weighted by Gasteiger charge is -2.48. The second-order valence-corrected chi connectivity index (χ2v) is 9.21. The molecule has 132 valence electrons. The van der Waals surface area contributed by atoms with E-state index in [1.807, 2.05) is 6.07 Å². The van der Waals surface area contributed by atoms with Gasteiger partial charge in [0.2, 0.25) is 10.0 Å². The summed E-state index contributed by atoms with van der Waals surface area (Å²) in [5.41, 5.74) is 0. The van der Waals surface area contributed by atoms with Crippen molar-refractivity contribution < 1.29 is 13.2 Å². The molecule has 1 aromatic carbocycles. The lowest BCUT2D eigenvalue weighted by Crippen LogP contribution is -2.63. The molecule has 0 radical (unpaired) electrons. The Balaban J connectivity index is 1.42. The summed E-state index contributed by atoms with van der Waals surface area (Å²) in [6.07, 6.45) is 4.82. The zero-order valence-corrected chi connectivity index (χ0v) is 14.8. The van der Waals surface area contributed by atoms with Gasteiger partial charge in [-0.15, -0.1) is 0 Å². The van der Waals surface area contributed by atoms with Crippen molar-refractivity contribution in [2.24, 2.45) is 5.92 Å². The molecule has 2 saturated heterocycles. The van der Waals surface area contributed by atoms with E-state index in [-0.39, 0.29) is 0 Å². The fraction of sp³-hybridized carbons (Fsp3) is 0.667. The third-order valence-electron chi connectivity index (χ3n) is 5.50. The van der Waals surface area contributed by atoms with E-state index in [0.29, 0.717) is 30.1 Å². The maximum Gasteiger partial charge on any atom is 0.243 e. The van der Waals surface area contributed by atoms with E-state index in [4.69, 9.17) is 4.74 Å². The van der Waals surface area contributed by atoms with Gasteiger partial charge in [-0.25, -0.2) is 8.42 Å². The molecule has 0 amide bonds. The van der Waals surface area contributed by atoms with Crippen LogP contribution in [-0.4, -0.2) is 62.6 Å². The van der Waals surface area contributed by atoms with Crippen LogP contribution in [-0.2, 0) is 14.8 Å². The summed E-state index contributed by atoms with van der Waals surface area (Å²) in [6.45, 7) is 4.06. The van der Waals surface area contributed by atoms with Gasteiger partial charge in [0.15, 0.2) is 0 Å². The zero-order chi connectivity index (χ0) is 16.6. The maximum atomic E-state index is 12.7. The van der Waals surface area contributed by atoms with Gasteiger partial charge < -0.3 is 4.74 Å². The number of hydrogen-bond donors (Lipinski definition) is 0. The molecule has 2 heterocycles. The fourth-order valence-corrected chi connectivity index (χ4v) is 5.31. The van der Waals surface area contributed by atoms with Crippen LogP contribution in [0.1, 0.15) is 25.7 Å². The Morgan fingerprint density at radius 2 is 1.67 bits per heavy atom. The highest BCUT2D eigenvalue weighted by Crippen LogP contribution is 2.34. The molecular formula is C18H26N2O3S. The Morgan fingerprint density at radius 3 is 2.29 bits per heavy atom. The van der Waals surface area contributed by atoms with Crippen LogP contribution in [0, 0.1) is 5.92 Å². The maximum absolute atomic E-state index is 12.7. The molecule has 1 aromatic rings. The minimum absolute atomic E-state index is 0.368. The number of nitrogens with zero attached hydrogens (tertiary/aromatic N) is 2. The van der Waals surface area contributed by atoms with Crippen molar-refractivity contribution in [1.29, 1.82) is 0 Å².